The van der Waals surface area contributed by atoms with Crippen molar-refractivity contribution in [1.82, 2.24) is 4.90 Å². The van der Waals surface area contributed by atoms with Crippen molar-refractivity contribution in [3.63, 3.8) is 0 Å². The molecular formula is C11H16BNO3. The molecule has 0 aromatic heterocycles. The normalized spacial score (nSPS) is 16.1. The van der Waals surface area contributed by atoms with Crippen LogP contribution in [0.5, 0.6) is 0 Å². The van der Waals surface area contributed by atoms with Gasteiger partial charge in [0.05, 0.1) is 0 Å². The van der Waals surface area contributed by atoms with Gasteiger partial charge in [0.25, 0.3) is 0 Å². The SMILES string of the molecule is [B+2]c1cccc(CN2CCOCC2)c1.[OH-].[OH-]. The molecule has 5 heteroatoms. The van der Waals surface area contributed by atoms with E-state index in [9.17, 15) is 0 Å². The number of morpholine rings is 1. The molecule has 1 fully saturated rings. The first-order valence-corrected chi connectivity index (χ1v) is 4.99. The zero-order valence-electron chi connectivity index (χ0n) is 9.17. The van der Waals surface area contributed by atoms with Gasteiger partial charge in [-0.05, 0) is 0 Å². The average Bonchev–Trinajstić information content (AvgIpc) is 2.19. The molecule has 0 amide bonds. The molecule has 0 radical (unpaired) electrons. The maximum atomic E-state index is 5.72. The third-order valence-corrected chi connectivity index (χ3v) is 2.46. The van der Waals surface area contributed by atoms with Crippen molar-refractivity contribution in [2.75, 3.05) is 26.3 Å². The summed E-state index contributed by atoms with van der Waals surface area (Å²) in [7, 11) is 5.72. The molecule has 0 bridgehead atoms. The van der Waals surface area contributed by atoms with Crippen LogP contribution in [-0.4, -0.2) is 50.0 Å². The minimum absolute atomic E-state index is 0. The second-order valence-corrected chi connectivity index (χ2v) is 3.63. The summed E-state index contributed by atoms with van der Waals surface area (Å²) in [5.74, 6) is 0. The van der Waals surface area contributed by atoms with Crippen molar-refractivity contribution in [2.45, 2.75) is 6.54 Å². The number of benzene rings is 1. The molecule has 1 aliphatic rings. The van der Waals surface area contributed by atoms with Gasteiger partial charge < -0.3 is 11.0 Å². The summed E-state index contributed by atoms with van der Waals surface area (Å²) in [6.07, 6.45) is 0. The molecular weight excluding hydrogens is 205 g/mol. The van der Waals surface area contributed by atoms with Gasteiger partial charge >= 0.3 is 85.6 Å². The van der Waals surface area contributed by atoms with Gasteiger partial charge in [0.2, 0.25) is 0 Å². The van der Waals surface area contributed by atoms with E-state index in [1.165, 1.54) is 5.56 Å². The molecule has 0 unspecified atom stereocenters. The fourth-order valence-corrected chi connectivity index (χ4v) is 1.71. The van der Waals surface area contributed by atoms with Gasteiger partial charge in [-0.1, -0.05) is 0 Å². The molecule has 2 N–H and O–H groups in total. The zero-order chi connectivity index (χ0) is 9.80. The Labute approximate surface area is 97.2 Å². The molecule has 2 rings (SSSR count). The summed E-state index contributed by atoms with van der Waals surface area (Å²) in [5, 5.41) is 0. The molecule has 16 heavy (non-hydrogen) atoms. The van der Waals surface area contributed by atoms with Crippen LogP contribution in [0.3, 0.4) is 0 Å². The smallest absolute Gasteiger partial charge is 0.870 e. The number of hydrogen-bond donors (Lipinski definition) is 0. The zero-order valence-corrected chi connectivity index (χ0v) is 9.17. The van der Waals surface area contributed by atoms with E-state index >= 15 is 0 Å². The molecule has 0 spiro atoms. The first-order valence-electron chi connectivity index (χ1n) is 4.99. The molecule has 1 heterocycles. The number of rotatable bonds is 2. The largest absolute Gasteiger partial charge is 0.870 e. The predicted molar refractivity (Wildman–Crippen MR) is 61.8 cm³/mol. The van der Waals surface area contributed by atoms with E-state index in [2.05, 4.69) is 11.0 Å². The van der Waals surface area contributed by atoms with Crippen LogP contribution in [0.1, 0.15) is 5.56 Å². The Morgan fingerprint density at radius 1 is 1.19 bits per heavy atom. The van der Waals surface area contributed by atoms with E-state index in [-0.39, 0.29) is 11.0 Å². The average molecular weight is 221 g/mol. The maximum absolute atomic E-state index is 5.72. The fourth-order valence-electron chi connectivity index (χ4n) is 1.71. The maximum Gasteiger partial charge on any atom is -0.870 e. The number of hydrogen-bond acceptors (Lipinski definition) is 4. The third-order valence-electron chi connectivity index (χ3n) is 2.46. The Morgan fingerprint density at radius 3 is 2.50 bits per heavy atom. The second kappa shape index (κ2) is 7.41. The Balaban J connectivity index is 0.00000112. The third kappa shape index (κ3) is 4.32. The standard InChI is InChI=1S/C11H14BNO.2H2O/c12-11-3-1-2-10(8-11)9-13-4-6-14-7-5-13;;/h1-3,8H,4-7,9H2;2*1H2/q+2;;/p-2. The van der Waals surface area contributed by atoms with Crippen LogP contribution in [-0.2, 0) is 11.3 Å². The molecule has 0 aliphatic carbocycles. The monoisotopic (exact) mass is 221 g/mol. The first-order chi connectivity index (χ1) is 6.84. The molecule has 0 saturated carbocycles. The molecule has 1 saturated heterocycles. The van der Waals surface area contributed by atoms with E-state index in [0.717, 1.165) is 38.3 Å². The summed E-state index contributed by atoms with van der Waals surface area (Å²) in [4.78, 5) is 2.39. The van der Waals surface area contributed by atoms with Gasteiger partial charge in [0, 0.05) is 0 Å². The summed E-state index contributed by atoms with van der Waals surface area (Å²) < 4.78 is 5.29. The van der Waals surface area contributed by atoms with Gasteiger partial charge in [-0.3, -0.25) is 0 Å². The Hall–Kier alpha value is -0.875. The van der Waals surface area contributed by atoms with Crippen molar-refractivity contribution in [3.8, 4) is 0 Å². The summed E-state index contributed by atoms with van der Waals surface area (Å²) in [5.41, 5.74) is 2.13. The van der Waals surface area contributed by atoms with E-state index in [1.807, 2.05) is 18.2 Å². The van der Waals surface area contributed by atoms with Crippen LogP contribution >= 0.6 is 0 Å². The van der Waals surface area contributed by atoms with Gasteiger partial charge in [-0.2, -0.15) is 0 Å². The number of ether oxygens (including phenoxy) is 1. The number of nitrogens with zero attached hydrogens (tertiary/aromatic N) is 1. The van der Waals surface area contributed by atoms with Gasteiger partial charge in [-0.25, -0.2) is 0 Å². The molecule has 1 aromatic carbocycles. The van der Waals surface area contributed by atoms with Gasteiger partial charge in [0.1, 0.15) is 0 Å². The van der Waals surface area contributed by atoms with Crippen LogP contribution in [0, 0.1) is 0 Å². The molecule has 1 aromatic rings. The fraction of sp³-hybridized carbons (Fsp3) is 0.455. The van der Waals surface area contributed by atoms with Crippen LogP contribution in [0.15, 0.2) is 24.3 Å². The molecule has 4 nitrogen and oxygen atoms in total. The van der Waals surface area contributed by atoms with Gasteiger partial charge in [0.15, 0.2) is 0 Å². The quantitative estimate of drug-likeness (QED) is 0.656. The van der Waals surface area contributed by atoms with Crippen LogP contribution in [0.2, 0.25) is 0 Å². The van der Waals surface area contributed by atoms with Crippen molar-refractivity contribution in [3.05, 3.63) is 29.8 Å². The summed E-state index contributed by atoms with van der Waals surface area (Å²) >= 11 is 0. The molecule has 0 atom stereocenters. The Kier molecular flexibility index (Phi) is 7.00. The van der Waals surface area contributed by atoms with Crippen LogP contribution in [0.4, 0.5) is 0 Å². The Morgan fingerprint density at radius 2 is 1.88 bits per heavy atom. The van der Waals surface area contributed by atoms with E-state index in [4.69, 9.17) is 12.6 Å². The minimum Gasteiger partial charge on any atom is -0.870 e. The summed E-state index contributed by atoms with van der Waals surface area (Å²) in [6.45, 7) is 4.72. The van der Waals surface area contributed by atoms with E-state index in [1.54, 1.807) is 0 Å². The van der Waals surface area contributed by atoms with Crippen molar-refractivity contribution in [2.24, 2.45) is 0 Å². The van der Waals surface area contributed by atoms with Crippen molar-refractivity contribution < 1.29 is 15.7 Å². The minimum atomic E-state index is 0. The topological polar surface area (TPSA) is 72.5 Å². The first kappa shape index (κ1) is 15.1. The van der Waals surface area contributed by atoms with E-state index in [0.29, 0.717) is 0 Å². The summed E-state index contributed by atoms with van der Waals surface area (Å²) in [6, 6.07) is 8.08. The predicted octanol–water partition coefficient (Wildman–Crippen LogP) is -0.0410. The van der Waals surface area contributed by atoms with Crippen molar-refractivity contribution in [1.29, 1.82) is 0 Å². The van der Waals surface area contributed by atoms with E-state index < -0.39 is 0 Å². The van der Waals surface area contributed by atoms with Gasteiger partial charge in [-0.15, -0.1) is 0 Å². The molecule has 86 valence electrons. The van der Waals surface area contributed by atoms with Crippen LogP contribution < -0.4 is 5.46 Å². The Bertz CT molecular complexity index is 303. The van der Waals surface area contributed by atoms with Crippen molar-refractivity contribution >= 4 is 13.3 Å². The van der Waals surface area contributed by atoms with Crippen LogP contribution in [0.25, 0.3) is 0 Å². The second-order valence-electron chi connectivity index (χ2n) is 3.63. The molecule has 1 aliphatic heterocycles.